The summed E-state index contributed by atoms with van der Waals surface area (Å²) < 4.78 is 5.20. The third-order valence-corrected chi connectivity index (χ3v) is 1.64. The molecule has 0 fully saturated rings. The van der Waals surface area contributed by atoms with Crippen molar-refractivity contribution in [3.63, 3.8) is 0 Å². The van der Waals surface area contributed by atoms with Crippen molar-refractivity contribution in [2.45, 2.75) is 33.3 Å². The second kappa shape index (κ2) is 3.94. The molecule has 0 saturated carbocycles. The van der Waals surface area contributed by atoms with E-state index in [1.807, 2.05) is 0 Å². The maximum atomic E-state index is 8.65. The van der Waals surface area contributed by atoms with E-state index < -0.39 is 0 Å². The monoisotopic (exact) mass is 146 g/mol. The molecule has 2 nitrogen and oxygen atoms in total. The van der Waals surface area contributed by atoms with Crippen molar-refractivity contribution >= 4 is 0 Å². The minimum Gasteiger partial charge on any atom is -0.396 e. The number of aliphatic hydroxyl groups excluding tert-OH is 1. The predicted molar refractivity (Wildman–Crippen MR) is 42.0 cm³/mol. The Hall–Kier alpha value is -0.0800. The third-order valence-electron chi connectivity index (χ3n) is 1.64. The van der Waals surface area contributed by atoms with E-state index in [1.54, 1.807) is 7.11 Å². The fraction of sp³-hybridized carbons (Fsp3) is 1.00. The summed E-state index contributed by atoms with van der Waals surface area (Å²) in [6, 6.07) is 0. The highest BCUT2D eigenvalue weighted by Crippen LogP contribution is 2.23. The Labute approximate surface area is 63.2 Å². The first-order valence-electron chi connectivity index (χ1n) is 3.66. The van der Waals surface area contributed by atoms with Gasteiger partial charge in [0.1, 0.15) is 0 Å². The van der Waals surface area contributed by atoms with Gasteiger partial charge in [0, 0.05) is 13.7 Å². The largest absolute Gasteiger partial charge is 0.396 e. The van der Waals surface area contributed by atoms with Crippen LogP contribution in [0.2, 0.25) is 0 Å². The van der Waals surface area contributed by atoms with Crippen molar-refractivity contribution < 1.29 is 9.84 Å². The average Bonchev–Trinajstić information content (AvgIpc) is 1.80. The topological polar surface area (TPSA) is 29.5 Å². The van der Waals surface area contributed by atoms with Gasteiger partial charge in [0.2, 0.25) is 0 Å². The lowest BCUT2D eigenvalue weighted by molar-refractivity contribution is 0.0000659. The summed E-state index contributed by atoms with van der Waals surface area (Å²) in [5.74, 6) is 0. The van der Waals surface area contributed by atoms with Crippen LogP contribution in [-0.4, -0.2) is 24.9 Å². The third kappa shape index (κ3) is 3.18. The molecule has 1 unspecified atom stereocenters. The summed E-state index contributed by atoms with van der Waals surface area (Å²) in [4.78, 5) is 0. The molecule has 0 aromatic heterocycles. The van der Waals surface area contributed by atoms with Gasteiger partial charge < -0.3 is 9.84 Å². The molecule has 0 aliphatic heterocycles. The molecule has 0 amide bonds. The number of aliphatic hydroxyl groups is 1. The van der Waals surface area contributed by atoms with Crippen molar-refractivity contribution in [2.24, 2.45) is 5.41 Å². The molecule has 0 radical (unpaired) electrons. The SMILES string of the molecule is COC(CCO)C(C)(C)C. The Balaban J connectivity index is 3.81. The van der Waals surface area contributed by atoms with Crippen molar-refractivity contribution in [3.05, 3.63) is 0 Å². The van der Waals surface area contributed by atoms with Gasteiger partial charge in [0.05, 0.1) is 6.10 Å². The van der Waals surface area contributed by atoms with Crippen LogP contribution in [0.3, 0.4) is 0 Å². The summed E-state index contributed by atoms with van der Waals surface area (Å²) in [7, 11) is 1.69. The smallest absolute Gasteiger partial charge is 0.0641 e. The molecule has 62 valence electrons. The van der Waals surface area contributed by atoms with Crippen LogP contribution in [-0.2, 0) is 4.74 Å². The lowest BCUT2D eigenvalue weighted by Gasteiger charge is -2.28. The molecule has 0 spiro atoms. The highest BCUT2D eigenvalue weighted by molar-refractivity contribution is 4.73. The molecular formula is C8H18O2. The van der Waals surface area contributed by atoms with Crippen molar-refractivity contribution in [2.75, 3.05) is 13.7 Å². The van der Waals surface area contributed by atoms with Crippen LogP contribution in [0.5, 0.6) is 0 Å². The number of hydrogen-bond donors (Lipinski definition) is 1. The predicted octanol–water partition coefficient (Wildman–Crippen LogP) is 1.43. The van der Waals surface area contributed by atoms with Gasteiger partial charge in [0.15, 0.2) is 0 Å². The Bertz CT molecular complexity index is 83.7. The molecule has 0 aromatic rings. The van der Waals surface area contributed by atoms with E-state index >= 15 is 0 Å². The number of ether oxygens (including phenoxy) is 1. The zero-order chi connectivity index (χ0) is 8.20. The lowest BCUT2D eigenvalue weighted by atomic mass is 9.87. The highest BCUT2D eigenvalue weighted by atomic mass is 16.5. The van der Waals surface area contributed by atoms with Crippen LogP contribution >= 0.6 is 0 Å². The van der Waals surface area contributed by atoms with E-state index in [4.69, 9.17) is 9.84 Å². The number of methoxy groups -OCH3 is 1. The molecule has 0 aliphatic rings. The summed E-state index contributed by atoms with van der Waals surface area (Å²) in [5, 5.41) is 8.65. The molecule has 2 heteroatoms. The first-order valence-corrected chi connectivity index (χ1v) is 3.66. The minimum atomic E-state index is 0.136. The molecule has 0 rings (SSSR count). The summed E-state index contributed by atoms with van der Waals surface area (Å²) in [6.45, 7) is 6.53. The van der Waals surface area contributed by atoms with E-state index in [2.05, 4.69) is 20.8 Å². The molecule has 1 atom stereocenters. The Kier molecular flexibility index (Phi) is 3.91. The summed E-state index contributed by atoms with van der Waals surface area (Å²) in [6.07, 6.45) is 0.887. The zero-order valence-corrected chi connectivity index (χ0v) is 7.35. The van der Waals surface area contributed by atoms with Crippen LogP contribution in [0.1, 0.15) is 27.2 Å². The fourth-order valence-electron chi connectivity index (χ4n) is 1.02. The van der Waals surface area contributed by atoms with Gasteiger partial charge in [-0.2, -0.15) is 0 Å². The summed E-state index contributed by atoms with van der Waals surface area (Å²) >= 11 is 0. The van der Waals surface area contributed by atoms with Gasteiger partial charge in [-0.3, -0.25) is 0 Å². The van der Waals surface area contributed by atoms with Gasteiger partial charge in [0.25, 0.3) is 0 Å². The van der Waals surface area contributed by atoms with Gasteiger partial charge in [-0.25, -0.2) is 0 Å². The van der Waals surface area contributed by atoms with Crippen LogP contribution in [0.4, 0.5) is 0 Å². The molecule has 0 bridgehead atoms. The molecule has 1 N–H and O–H groups in total. The van der Waals surface area contributed by atoms with Crippen LogP contribution in [0.15, 0.2) is 0 Å². The molecule has 0 saturated heterocycles. The Morgan fingerprint density at radius 2 is 1.90 bits per heavy atom. The average molecular weight is 146 g/mol. The molecule has 10 heavy (non-hydrogen) atoms. The van der Waals surface area contributed by atoms with Gasteiger partial charge in [-0.1, -0.05) is 20.8 Å². The summed E-state index contributed by atoms with van der Waals surface area (Å²) in [5.41, 5.74) is 0.136. The quantitative estimate of drug-likeness (QED) is 0.652. The lowest BCUT2D eigenvalue weighted by Crippen LogP contribution is -2.29. The van der Waals surface area contributed by atoms with Crippen LogP contribution in [0.25, 0.3) is 0 Å². The number of hydrogen-bond acceptors (Lipinski definition) is 2. The van der Waals surface area contributed by atoms with Gasteiger partial charge >= 0.3 is 0 Å². The van der Waals surface area contributed by atoms with Gasteiger partial charge in [-0.15, -0.1) is 0 Å². The van der Waals surface area contributed by atoms with E-state index in [0.29, 0.717) is 0 Å². The van der Waals surface area contributed by atoms with E-state index in [9.17, 15) is 0 Å². The number of rotatable bonds is 3. The highest BCUT2D eigenvalue weighted by Gasteiger charge is 2.23. The van der Waals surface area contributed by atoms with Gasteiger partial charge in [-0.05, 0) is 11.8 Å². The standard InChI is InChI=1S/C8H18O2/c1-8(2,3)7(10-4)5-6-9/h7,9H,5-6H2,1-4H3. The minimum absolute atomic E-state index is 0.136. The van der Waals surface area contributed by atoms with E-state index in [-0.39, 0.29) is 18.1 Å². The first kappa shape index (κ1) is 9.92. The van der Waals surface area contributed by atoms with Crippen molar-refractivity contribution in [1.82, 2.24) is 0 Å². The molecular weight excluding hydrogens is 128 g/mol. The zero-order valence-electron chi connectivity index (χ0n) is 7.35. The van der Waals surface area contributed by atoms with Crippen LogP contribution in [0, 0.1) is 5.41 Å². The fourth-order valence-corrected chi connectivity index (χ4v) is 1.02. The molecule has 0 aromatic carbocycles. The maximum absolute atomic E-state index is 8.65. The molecule has 0 aliphatic carbocycles. The second-order valence-corrected chi connectivity index (χ2v) is 3.60. The maximum Gasteiger partial charge on any atom is 0.0641 e. The van der Waals surface area contributed by atoms with Crippen LogP contribution < -0.4 is 0 Å². The molecule has 0 heterocycles. The normalized spacial score (nSPS) is 15.3. The second-order valence-electron chi connectivity index (χ2n) is 3.60. The first-order chi connectivity index (χ1) is 4.52. The Morgan fingerprint density at radius 3 is 2.00 bits per heavy atom. The Morgan fingerprint density at radius 1 is 1.40 bits per heavy atom. The van der Waals surface area contributed by atoms with E-state index in [1.165, 1.54) is 0 Å². The van der Waals surface area contributed by atoms with E-state index in [0.717, 1.165) is 6.42 Å². The van der Waals surface area contributed by atoms with Crippen molar-refractivity contribution in [3.8, 4) is 0 Å². The van der Waals surface area contributed by atoms with Crippen molar-refractivity contribution in [1.29, 1.82) is 0 Å².